The maximum Gasteiger partial charge on any atom is 0.157 e. The van der Waals surface area contributed by atoms with Crippen LogP contribution >= 0.6 is 43.6 Å². The van der Waals surface area contributed by atoms with Crippen LogP contribution < -0.4 is 5.32 Å². The largest absolute Gasteiger partial charge is 0.361 e. The predicted molar refractivity (Wildman–Crippen MR) is 83.1 cm³/mol. The van der Waals surface area contributed by atoms with E-state index in [0.717, 1.165) is 21.5 Å². The van der Waals surface area contributed by atoms with Crippen molar-refractivity contribution in [3.63, 3.8) is 0 Å². The number of hydrogen-bond acceptors (Lipinski definition) is 2. The second kappa shape index (κ2) is 6.25. The third kappa shape index (κ3) is 3.48. The summed E-state index contributed by atoms with van der Waals surface area (Å²) in [6.45, 7) is 2.92. The quantitative estimate of drug-likeness (QED) is 0.810. The molecule has 92 valence electrons. The third-order valence-corrected chi connectivity index (χ3v) is 5.92. The monoisotopic (exact) mass is 376 g/mol. The maximum atomic E-state index is 4.62. The van der Waals surface area contributed by atoms with Crippen LogP contribution in [0.4, 0.5) is 0 Å². The van der Waals surface area contributed by atoms with Crippen molar-refractivity contribution in [2.45, 2.75) is 24.8 Å². The highest BCUT2D eigenvalue weighted by Crippen LogP contribution is 2.25. The van der Waals surface area contributed by atoms with Crippen molar-refractivity contribution in [3.8, 4) is 0 Å². The zero-order valence-electron chi connectivity index (χ0n) is 9.49. The van der Waals surface area contributed by atoms with E-state index >= 15 is 0 Å². The Kier molecular flexibility index (Phi) is 4.94. The number of benzene rings is 1. The predicted octanol–water partition coefficient (Wildman–Crippen LogP) is 3.79. The van der Waals surface area contributed by atoms with Gasteiger partial charge in [-0.15, -0.1) is 0 Å². The molecular formula is C12H14Br2N2S. The number of hydrogen-bond donors (Lipinski definition) is 1. The van der Waals surface area contributed by atoms with Crippen LogP contribution in [-0.4, -0.2) is 21.8 Å². The molecule has 0 aliphatic carbocycles. The molecule has 2 unspecified atom stereocenters. The first-order chi connectivity index (χ1) is 8.20. The summed E-state index contributed by atoms with van der Waals surface area (Å²) in [5, 5.41) is 6.04. The van der Waals surface area contributed by atoms with Crippen LogP contribution in [-0.2, 0) is 6.54 Å². The molecule has 0 aromatic heterocycles. The molecule has 2 rings (SSSR count). The van der Waals surface area contributed by atoms with Gasteiger partial charge in [-0.1, -0.05) is 61.8 Å². The van der Waals surface area contributed by atoms with Gasteiger partial charge in [-0.05, 0) is 18.6 Å². The fourth-order valence-electron chi connectivity index (χ4n) is 1.60. The zero-order chi connectivity index (χ0) is 12.3. The van der Waals surface area contributed by atoms with Gasteiger partial charge in [-0.3, -0.25) is 4.99 Å². The van der Waals surface area contributed by atoms with Gasteiger partial charge in [-0.2, -0.15) is 0 Å². The van der Waals surface area contributed by atoms with E-state index in [4.69, 9.17) is 0 Å². The van der Waals surface area contributed by atoms with E-state index < -0.39 is 0 Å². The van der Waals surface area contributed by atoms with Crippen molar-refractivity contribution in [3.05, 3.63) is 34.3 Å². The normalized spacial score (nSPS) is 26.2. The van der Waals surface area contributed by atoms with E-state index in [1.54, 1.807) is 0 Å². The first-order valence-electron chi connectivity index (χ1n) is 5.47. The molecule has 0 bridgehead atoms. The Balaban J connectivity index is 2.01. The van der Waals surface area contributed by atoms with Crippen LogP contribution in [0.25, 0.3) is 0 Å². The van der Waals surface area contributed by atoms with Crippen molar-refractivity contribution in [2.75, 3.05) is 5.33 Å². The Hall–Kier alpha value is -0.000000000000000111. The van der Waals surface area contributed by atoms with Gasteiger partial charge in [0.05, 0.1) is 6.54 Å². The summed E-state index contributed by atoms with van der Waals surface area (Å²) in [7, 11) is 0. The molecule has 17 heavy (non-hydrogen) atoms. The lowest BCUT2D eigenvalue weighted by Gasteiger charge is -2.07. The van der Waals surface area contributed by atoms with Gasteiger partial charge in [0, 0.05) is 21.1 Å². The van der Waals surface area contributed by atoms with Crippen LogP contribution in [0.3, 0.4) is 0 Å². The first kappa shape index (κ1) is 13.4. The standard InChI is InChI=1S/C12H14Br2N2S/c1-8-11(6-13)17-12(16-8)15-7-9-4-2-3-5-10(9)14/h2-5,8,11H,6-7H2,1H3,(H,15,16). The Labute approximate surface area is 123 Å². The molecule has 0 saturated carbocycles. The highest BCUT2D eigenvalue weighted by atomic mass is 79.9. The maximum absolute atomic E-state index is 4.62. The number of nitrogens with zero attached hydrogens (tertiary/aromatic N) is 1. The Morgan fingerprint density at radius 2 is 2.18 bits per heavy atom. The summed E-state index contributed by atoms with van der Waals surface area (Å²) in [6.07, 6.45) is 0. The lowest BCUT2D eigenvalue weighted by Crippen LogP contribution is -2.28. The van der Waals surface area contributed by atoms with E-state index in [9.17, 15) is 0 Å². The van der Waals surface area contributed by atoms with E-state index in [2.05, 4.69) is 61.2 Å². The average Bonchev–Trinajstić information content (AvgIpc) is 2.69. The molecular weight excluding hydrogens is 364 g/mol. The van der Waals surface area contributed by atoms with E-state index in [1.807, 2.05) is 23.9 Å². The zero-order valence-corrected chi connectivity index (χ0v) is 13.5. The molecule has 1 aromatic carbocycles. The SMILES string of the molecule is CC1NC(=NCc2ccccc2Br)SC1CBr. The highest BCUT2D eigenvalue weighted by Gasteiger charge is 2.27. The highest BCUT2D eigenvalue weighted by molar-refractivity contribution is 9.10. The van der Waals surface area contributed by atoms with Gasteiger partial charge >= 0.3 is 0 Å². The number of thioether (sulfide) groups is 1. The molecule has 2 nitrogen and oxygen atoms in total. The molecule has 1 aliphatic heterocycles. The average molecular weight is 378 g/mol. The molecule has 5 heteroatoms. The van der Waals surface area contributed by atoms with Crippen molar-refractivity contribution in [1.82, 2.24) is 5.32 Å². The topological polar surface area (TPSA) is 24.4 Å². The first-order valence-corrected chi connectivity index (χ1v) is 8.27. The number of halogens is 2. The van der Waals surface area contributed by atoms with E-state index in [1.165, 1.54) is 5.56 Å². The van der Waals surface area contributed by atoms with Crippen LogP contribution in [0.2, 0.25) is 0 Å². The summed E-state index contributed by atoms with van der Waals surface area (Å²) < 4.78 is 1.12. The molecule has 1 N–H and O–H groups in total. The lowest BCUT2D eigenvalue weighted by atomic mass is 10.2. The molecule has 1 aliphatic rings. The molecule has 0 amide bonds. The fraction of sp³-hybridized carbons (Fsp3) is 0.417. The molecule has 1 aromatic rings. The Bertz CT molecular complexity index is 423. The third-order valence-electron chi connectivity index (χ3n) is 2.67. The van der Waals surface area contributed by atoms with Crippen LogP contribution in [0, 0.1) is 0 Å². The molecule has 0 spiro atoms. The number of aliphatic imine (C=N–C) groups is 1. The van der Waals surface area contributed by atoms with Gasteiger partial charge in [-0.25, -0.2) is 0 Å². The number of nitrogens with one attached hydrogen (secondary N) is 1. The number of amidine groups is 1. The van der Waals surface area contributed by atoms with Gasteiger partial charge in [0.1, 0.15) is 0 Å². The fourth-order valence-corrected chi connectivity index (χ4v) is 3.98. The summed E-state index contributed by atoms with van der Waals surface area (Å²) in [6, 6.07) is 8.69. The minimum atomic E-state index is 0.484. The Morgan fingerprint density at radius 3 is 2.82 bits per heavy atom. The van der Waals surface area contributed by atoms with Crippen molar-refractivity contribution in [1.29, 1.82) is 0 Å². The van der Waals surface area contributed by atoms with Gasteiger partial charge in [0.15, 0.2) is 5.17 Å². The summed E-state index contributed by atoms with van der Waals surface area (Å²) in [5.41, 5.74) is 1.22. The molecule has 1 saturated heterocycles. The number of alkyl halides is 1. The molecule has 2 atom stereocenters. The van der Waals surface area contributed by atoms with Crippen LogP contribution in [0.1, 0.15) is 12.5 Å². The van der Waals surface area contributed by atoms with Crippen molar-refractivity contribution in [2.24, 2.45) is 4.99 Å². The number of rotatable bonds is 3. The minimum absolute atomic E-state index is 0.484. The Morgan fingerprint density at radius 1 is 1.41 bits per heavy atom. The molecule has 1 heterocycles. The smallest absolute Gasteiger partial charge is 0.157 e. The van der Waals surface area contributed by atoms with Crippen LogP contribution in [0.15, 0.2) is 33.7 Å². The van der Waals surface area contributed by atoms with Gasteiger partial charge in [0.2, 0.25) is 0 Å². The van der Waals surface area contributed by atoms with Gasteiger partial charge < -0.3 is 5.32 Å². The molecule has 1 fully saturated rings. The second-order valence-electron chi connectivity index (χ2n) is 3.96. The lowest BCUT2D eigenvalue weighted by molar-refractivity contribution is 0.684. The van der Waals surface area contributed by atoms with Crippen molar-refractivity contribution < 1.29 is 0 Å². The van der Waals surface area contributed by atoms with Crippen LogP contribution in [0.5, 0.6) is 0 Å². The van der Waals surface area contributed by atoms with E-state index in [0.29, 0.717) is 11.3 Å². The van der Waals surface area contributed by atoms with Gasteiger partial charge in [0.25, 0.3) is 0 Å². The van der Waals surface area contributed by atoms with E-state index in [-0.39, 0.29) is 0 Å². The minimum Gasteiger partial charge on any atom is -0.361 e. The summed E-state index contributed by atoms with van der Waals surface area (Å²) >= 11 is 8.89. The van der Waals surface area contributed by atoms with Crippen molar-refractivity contribution >= 4 is 48.8 Å². The molecule has 0 radical (unpaired) electrons. The summed E-state index contributed by atoms with van der Waals surface area (Å²) in [5.74, 6) is 0. The summed E-state index contributed by atoms with van der Waals surface area (Å²) in [4.78, 5) is 4.62. The second-order valence-corrected chi connectivity index (χ2v) is 6.69.